The summed E-state index contributed by atoms with van der Waals surface area (Å²) >= 11 is 0. The Bertz CT molecular complexity index is 4020. The van der Waals surface area contributed by atoms with Gasteiger partial charge in [0.05, 0.1) is 11.0 Å². The summed E-state index contributed by atoms with van der Waals surface area (Å²) in [6.45, 7) is 0. The van der Waals surface area contributed by atoms with Crippen molar-refractivity contribution in [1.29, 1.82) is 0 Å². The fourth-order valence-electron chi connectivity index (χ4n) is 10.7. The van der Waals surface area contributed by atoms with Crippen LogP contribution >= 0.6 is 0 Å². The van der Waals surface area contributed by atoms with Crippen molar-refractivity contribution in [2.24, 2.45) is 0 Å². The second kappa shape index (κ2) is 18.4. The van der Waals surface area contributed by atoms with Crippen LogP contribution in [-0.2, 0) is 0 Å². The summed E-state index contributed by atoms with van der Waals surface area (Å²) in [5.74, 6) is 0. The summed E-state index contributed by atoms with van der Waals surface area (Å²) in [5.41, 5.74) is 21.1. The van der Waals surface area contributed by atoms with Crippen molar-refractivity contribution in [2.75, 3.05) is 4.90 Å². The zero-order valence-corrected chi connectivity index (χ0v) is 39.6. The van der Waals surface area contributed by atoms with E-state index in [0.717, 1.165) is 33.9 Å². The molecule has 338 valence electrons. The van der Waals surface area contributed by atoms with Crippen molar-refractivity contribution in [3.8, 4) is 72.4 Å². The smallest absolute Gasteiger partial charge is 0.0547 e. The lowest BCUT2D eigenvalue weighted by Crippen LogP contribution is -2.09. The van der Waals surface area contributed by atoms with Crippen LogP contribution in [0.4, 0.5) is 17.1 Å². The molecule has 2 heteroatoms. The molecular weight excluding hydrogens is 869 g/mol. The normalized spacial score (nSPS) is 11.3. The lowest BCUT2D eigenvalue weighted by atomic mass is 9.90. The number of hydrogen-bond donors (Lipinski definition) is 0. The van der Waals surface area contributed by atoms with Crippen molar-refractivity contribution in [2.45, 2.75) is 0 Å². The number of rotatable bonds is 10. The Balaban J connectivity index is 0.926. The number of aromatic nitrogens is 1. The van der Waals surface area contributed by atoms with E-state index in [-0.39, 0.29) is 0 Å². The molecule has 0 aliphatic carbocycles. The van der Waals surface area contributed by atoms with Crippen molar-refractivity contribution < 1.29 is 0 Å². The predicted molar refractivity (Wildman–Crippen MR) is 306 cm³/mol. The predicted octanol–water partition coefficient (Wildman–Crippen LogP) is 19.4. The number of nitrogens with zero attached hydrogens (tertiary/aromatic N) is 2. The molecule has 13 aromatic rings. The third-order valence-electron chi connectivity index (χ3n) is 14.2. The van der Waals surface area contributed by atoms with Crippen LogP contribution in [0, 0.1) is 0 Å². The average molecular weight is 917 g/mol. The number of benzene rings is 12. The van der Waals surface area contributed by atoms with Gasteiger partial charge < -0.3 is 9.47 Å². The summed E-state index contributed by atoms with van der Waals surface area (Å²) < 4.78 is 2.40. The quantitative estimate of drug-likeness (QED) is 0.133. The average Bonchev–Trinajstić information content (AvgIpc) is 3.81. The molecule has 0 atom stereocenters. The molecule has 0 amide bonds. The fraction of sp³-hybridized carbons (Fsp3) is 0. The maximum absolute atomic E-state index is 2.40. The molecular formula is C70H48N2. The van der Waals surface area contributed by atoms with E-state index in [1.165, 1.54) is 88.2 Å². The first-order valence-corrected chi connectivity index (χ1v) is 24.7. The molecule has 0 N–H and O–H groups in total. The minimum absolute atomic E-state index is 1.08. The first-order valence-electron chi connectivity index (χ1n) is 24.7. The molecule has 1 aromatic heterocycles. The Morgan fingerprint density at radius 3 is 1.18 bits per heavy atom. The monoisotopic (exact) mass is 916 g/mol. The second-order valence-corrected chi connectivity index (χ2v) is 18.5. The van der Waals surface area contributed by atoms with E-state index < -0.39 is 0 Å². The summed E-state index contributed by atoms with van der Waals surface area (Å²) in [7, 11) is 0. The van der Waals surface area contributed by atoms with Crippen LogP contribution in [0.1, 0.15) is 0 Å². The van der Waals surface area contributed by atoms with Crippen LogP contribution < -0.4 is 4.90 Å². The highest BCUT2D eigenvalue weighted by atomic mass is 15.1. The van der Waals surface area contributed by atoms with Gasteiger partial charge in [0.1, 0.15) is 0 Å². The maximum Gasteiger partial charge on any atom is 0.0547 e. The van der Waals surface area contributed by atoms with Gasteiger partial charge in [0.2, 0.25) is 0 Å². The van der Waals surface area contributed by atoms with E-state index in [0.29, 0.717) is 0 Å². The van der Waals surface area contributed by atoms with Gasteiger partial charge >= 0.3 is 0 Å². The molecule has 0 saturated heterocycles. The van der Waals surface area contributed by atoms with Crippen molar-refractivity contribution in [3.63, 3.8) is 0 Å². The van der Waals surface area contributed by atoms with Gasteiger partial charge in [-0.2, -0.15) is 0 Å². The molecule has 13 rings (SSSR count). The SMILES string of the molecule is c1ccc(-c2ccc(-c3ccc(N(c4ccc(-c5ccccc5)cc4)c4ccc(-c5cc(-c6cccc7ccccc67)cc(-c6cccc7c6c6ccccc6n7-c6ccccc6)c5)cc4)cc3)cc2)cc1. The summed E-state index contributed by atoms with van der Waals surface area (Å²) in [4.78, 5) is 2.36. The number of fused-ring (bicyclic) bond motifs is 4. The number of para-hydroxylation sites is 2. The van der Waals surface area contributed by atoms with Gasteiger partial charge in [0.25, 0.3) is 0 Å². The number of anilines is 3. The molecule has 0 saturated carbocycles. The lowest BCUT2D eigenvalue weighted by molar-refractivity contribution is 1.18. The minimum Gasteiger partial charge on any atom is -0.311 e. The lowest BCUT2D eigenvalue weighted by Gasteiger charge is -2.26. The molecule has 0 bridgehead atoms. The Labute approximate surface area is 420 Å². The zero-order chi connectivity index (χ0) is 47.8. The van der Waals surface area contributed by atoms with Crippen LogP contribution in [0.2, 0.25) is 0 Å². The van der Waals surface area contributed by atoms with E-state index >= 15 is 0 Å². The molecule has 0 radical (unpaired) electrons. The van der Waals surface area contributed by atoms with Gasteiger partial charge in [-0.25, -0.2) is 0 Å². The summed E-state index contributed by atoms with van der Waals surface area (Å²) in [5, 5.41) is 4.95. The zero-order valence-electron chi connectivity index (χ0n) is 39.6. The Morgan fingerprint density at radius 2 is 0.611 bits per heavy atom. The Kier molecular flexibility index (Phi) is 10.9. The van der Waals surface area contributed by atoms with Crippen molar-refractivity contribution in [1.82, 2.24) is 4.57 Å². The molecule has 0 spiro atoms. The van der Waals surface area contributed by atoms with Crippen molar-refractivity contribution in [3.05, 3.63) is 291 Å². The largest absolute Gasteiger partial charge is 0.311 e. The third-order valence-corrected chi connectivity index (χ3v) is 14.2. The van der Waals surface area contributed by atoms with Gasteiger partial charge in [-0.3, -0.25) is 0 Å². The highest BCUT2D eigenvalue weighted by Gasteiger charge is 2.19. The number of hydrogen-bond acceptors (Lipinski definition) is 1. The molecule has 72 heavy (non-hydrogen) atoms. The fourth-order valence-corrected chi connectivity index (χ4v) is 10.7. The highest BCUT2D eigenvalue weighted by molar-refractivity contribution is 6.16. The Hall–Kier alpha value is -9.50. The molecule has 0 aliphatic heterocycles. The van der Waals surface area contributed by atoms with Gasteiger partial charge in [-0.05, 0) is 156 Å². The topological polar surface area (TPSA) is 8.17 Å². The van der Waals surface area contributed by atoms with E-state index in [1.807, 2.05) is 0 Å². The van der Waals surface area contributed by atoms with Crippen LogP contribution in [0.15, 0.2) is 291 Å². The van der Waals surface area contributed by atoms with Crippen molar-refractivity contribution >= 4 is 49.6 Å². The Morgan fingerprint density at radius 1 is 0.236 bits per heavy atom. The van der Waals surface area contributed by atoms with E-state index in [1.54, 1.807) is 0 Å². The first kappa shape index (κ1) is 42.6. The molecule has 1 heterocycles. The molecule has 0 unspecified atom stereocenters. The van der Waals surface area contributed by atoms with Crippen LogP contribution in [0.25, 0.3) is 105 Å². The molecule has 12 aromatic carbocycles. The van der Waals surface area contributed by atoms with Crippen LogP contribution in [0.3, 0.4) is 0 Å². The van der Waals surface area contributed by atoms with Gasteiger partial charge in [0, 0.05) is 33.5 Å². The molecule has 0 aliphatic rings. The summed E-state index contributed by atoms with van der Waals surface area (Å²) in [6.07, 6.45) is 0. The standard InChI is InChI=1S/C70H48N2/c1-4-16-49(17-5-1)51-30-32-52(33-31-51)54-36-42-62(43-37-54)71(61-40-34-53(35-41-61)50-18-6-2-7-19-50)63-44-38-55(39-45-63)57-46-58(65-26-14-21-56-20-10-11-24-64(56)65)48-59(47-57)66-27-15-29-69-70(66)67-25-12-13-28-68(67)72(69)60-22-8-3-9-23-60/h1-48H. The molecule has 0 fully saturated rings. The van der Waals surface area contributed by atoms with E-state index in [9.17, 15) is 0 Å². The van der Waals surface area contributed by atoms with E-state index in [2.05, 4.69) is 301 Å². The minimum atomic E-state index is 1.08. The highest BCUT2D eigenvalue weighted by Crippen LogP contribution is 2.43. The maximum atomic E-state index is 2.40. The first-order chi connectivity index (χ1) is 35.7. The van der Waals surface area contributed by atoms with Crippen LogP contribution in [-0.4, -0.2) is 4.57 Å². The van der Waals surface area contributed by atoms with Gasteiger partial charge in [-0.1, -0.05) is 212 Å². The van der Waals surface area contributed by atoms with E-state index in [4.69, 9.17) is 0 Å². The third kappa shape index (κ3) is 7.92. The molecule has 2 nitrogen and oxygen atoms in total. The van der Waals surface area contributed by atoms with Gasteiger partial charge in [-0.15, -0.1) is 0 Å². The van der Waals surface area contributed by atoms with Gasteiger partial charge in [0.15, 0.2) is 0 Å². The van der Waals surface area contributed by atoms with Crippen LogP contribution in [0.5, 0.6) is 0 Å². The second-order valence-electron chi connectivity index (χ2n) is 18.5. The summed E-state index contributed by atoms with van der Waals surface area (Å²) in [6, 6.07) is 106.